The number of hydrogen-bond donors (Lipinski definition) is 3. The van der Waals surface area contributed by atoms with E-state index in [-0.39, 0.29) is 17.2 Å². The Labute approximate surface area is 79.7 Å². The molecule has 0 bridgehead atoms. The van der Waals surface area contributed by atoms with Gasteiger partial charge < -0.3 is 5.11 Å². The second kappa shape index (κ2) is 4.11. The quantitative estimate of drug-likeness (QED) is 0.383. The molecule has 1 aromatic carbocycles. The number of phenolic OH excluding ortho intramolecular Hbond substituents is 1. The summed E-state index contributed by atoms with van der Waals surface area (Å²) in [6.45, 7) is 0. The van der Waals surface area contributed by atoms with Gasteiger partial charge in [-0.3, -0.25) is 10.0 Å². The lowest BCUT2D eigenvalue weighted by atomic mass is 10.1. The Hall–Kier alpha value is -1.26. The van der Waals surface area contributed by atoms with E-state index in [9.17, 15) is 9.90 Å². The van der Waals surface area contributed by atoms with Gasteiger partial charge in [0.15, 0.2) is 0 Å². The van der Waals surface area contributed by atoms with Gasteiger partial charge in [-0.15, -0.1) is 11.6 Å². The molecule has 13 heavy (non-hydrogen) atoms. The maximum absolute atomic E-state index is 10.9. The molecular formula is C8H8ClNO3. The number of halogens is 1. The number of benzene rings is 1. The SMILES string of the molecule is O=C(NO)c1ccc(CCl)cc1O. The van der Waals surface area contributed by atoms with Crippen LogP contribution >= 0.6 is 11.6 Å². The Kier molecular flexibility index (Phi) is 3.11. The number of carbonyl (C=O) groups is 1. The van der Waals surface area contributed by atoms with Gasteiger partial charge >= 0.3 is 0 Å². The molecule has 0 unspecified atom stereocenters. The molecule has 1 rings (SSSR count). The van der Waals surface area contributed by atoms with E-state index in [1.54, 1.807) is 6.07 Å². The van der Waals surface area contributed by atoms with E-state index in [0.717, 1.165) is 0 Å². The topological polar surface area (TPSA) is 69.6 Å². The van der Waals surface area contributed by atoms with Gasteiger partial charge in [-0.05, 0) is 17.7 Å². The van der Waals surface area contributed by atoms with Crippen molar-refractivity contribution < 1.29 is 15.1 Å². The average molecular weight is 202 g/mol. The van der Waals surface area contributed by atoms with Gasteiger partial charge in [0.25, 0.3) is 5.91 Å². The van der Waals surface area contributed by atoms with Crippen molar-refractivity contribution in [2.75, 3.05) is 0 Å². The average Bonchev–Trinajstić information content (AvgIpc) is 2.16. The van der Waals surface area contributed by atoms with E-state index in [1.807, 2.05) is 0 Å². The Morgan fingerprint density at radius 1 is 1.54 bits per heavy atom. The summed E-state index contributed by atoms with van der Waals surface area (Å²) < 4.78 is 0. The molecule has 70 valence electrons. The lowest BCUT2D eigenvalue weighted by molar-refractivity contribution is 0.0703. The van der Waals surface area contributed by atoms with Crippen molar-refractivity contribution >= 4 is 17.5 Å². The van der Waals surface area contributed by atoms with Crippen LogP contribution in [0.2, 0.25) is 0 Å². The van der Waals surface area contributed by atoms with Crippen molar-refractivity contribution in [3.63, 3.8) is 0 Å². The predicted molar refractivity (Wildman–Crippen MR) is 46.9 cm³/mol. The first-order valence-corrected chi connectivity index (χ1v) is 4.04. The summed E-state index contributed by atoms with van der Waals surface area (Å²) in [6, 6.07) is 4.35. The van der Waals surface area contributed by atoms with Gasteiger partial charge in [-0.25, -0.2) is 5.48 Å². The molecular weight excluding hydrogens is 194 g/mol. The fraction of sp³-hybridized carbons (Fsp3) is 0.125. The molecule has 0 saturated carbocycles. The number of hydroxylamine groups is 1. The molecule has 0 spiro atoms. The van der Waals surface area contributed by atoms with Crippen LogP contribution in [0, 0.1) is 0 Å². The lowest BCUT2D eigenvalue weighted by Crippen LogP contribution is -2.18. The van der Waals surface area contributed by atoms with Gasteiger partial charge in [-0.2, -0.15) is 0 Å². The van der Waals surface area contributed by atoms with E-state index in [0.29, 0.717) is 5.56 Å². The number of amides is 1. The number of alkyl halides is 1. The Bertz CT molecular complexity index is 327. The zero-order valence-corrected chi connectivity index (χ0v) is 7.38. The maximum Gasteiger partial charge on any atom is 0.278 e. The van der Waals surface area contributed by atoms with E-state index in [1.165, 1.54) is 17.6 Å². The zero-order chi connectivity index (χ0) is 9.84. The van der Waals surface area contributed by atoms with Crippen LogP contribution in [0.15, 0.2) is 18.2 Å². The third-order valence-electron chi connectivity index (χ3n) is 1.56. The minimum absolute atomic E-state index is 0.0105. The van der Waals surface area contributed by atoms with Crippen molar-refractivity contribution in [3.05, 3.63) is 29.3 Å². The minimum atomic E-state index is -0.751. The highest BCUT2D eigenvalue weighted by atomic mass is 35.5. The number of phenols is 1. The first kappa shape index (κ1) is 9.83. The third kappa shape index (κ3) is 2.11. The van der Waals surface area contributed by atoms with Crippen LogP contribution in [0.4, 0.5) is 0 Å². The summed E-state index contributed by atoms with van der Waals surface area (Å²) in [6.07, 6.45) is 0. The molecule has 0 heterocycles. The smallest absolute Gasteiger partial charge is 0.278 e. The van der Waals surface area contributed by atoms with Crippen LogP contribution in [0.3, 0.4) is 0 Å². The van der Waals surface area contributed by atoms with Gasteiger partial charge in [0.1, 0.15) is 5.75 Å². The summed E-state index contributed by atoms with van der Waals surface area (Å²) in [7, 11) is 0. The molecule has 0 aromatic heterocycles. The number of nitrogens with one attached hydrogen (secondary N) is 1. The zero-order valence-electron chi connectivity index (χ0n) is 6.62. The van der Waals surface area contributed by atoms with Crippen molar-refractivity contribution in [1.82, 2.24) is 5.48 Å². The van der Waals surface area contributed by atoms with Crippen LogP contribution < -0.4 is 5.48 Å². The fourth-order valence-electron chi connectivity index (χ4n) is 0.913. The van der Waals surface area contributed by atoms with Crippen LogP contribution in [0.5, 0.6) is 5.75 Å². The van der Waals surface area contributed by atoms with E-state index < -0.39 is 5.91 Å². The maximum atomic E-state index is 10.9. The summed E-state index contributed by atoms with van der Waals surface area (Å²) in [5.74, 6) is -0.697. The standard InChI is InChI=1S/C8H8ClNO3/c9-4-5-1-2-6(7(11)3-5)8(12)10-13/h1-3,11,13H,4H2,(H,10,12). The summed E-state index contributed by atoms with van der Waals surface area (Å²) in [5, 5.41) is 17.6. The molecule has 0 atom stereocenters. The molecule has 0 aliphatic carbocycles. The summed E-state index contributed by atoms with van der Waals surface area (Å²) in [5.41, 5.74) is 2.14. The Morgan fingerprint density at radius 2 is 2.23 bits per heavy atom. The summed E-state index contributed by atoms with van der Waals surface area (Å²) in [4.78, 5) is 10.9. The Morgan fingerprint density at radius 3 is 2.69 bits per heavy atom. The normalized spacial score (nSPS) is 9.69. The fourth-order valence-corrected chi connectivity index (χ4v) is 1.08. The molecule has 0 aliphatic rings. The van der Waals surface area contributed by atoms with Crippen LogP contribution in [-0.2, 0) is 5.88 Å². The first-order chi connectivity index (χ1) is 6.19. The molecule has 1 aromatic rings. The second-order valence-electron chi connectivity index (χ2n) is 2.43. The molecule has 3 N–H and O–H groups in total. The molecule has 4 nitrogen and oxygen atoms in total. The van der Waals surface area contributed by atoms with E-state index in [4.69, 9.17) is 16.8 Å². The predicted octanol–water partition coefficient (Wildman–Crippen LogP) is 1.25. The molecule has 0 aliphatic heterocycles. The van der Waals surface area contributed by atoms with Gasteiger partial charge in [0.05, 0.1) is 5.56 Å². The van der Waals surface area contributed by atoms with Gasteiger partial charge in [0, 0.05) is 5.88 Å². The Balaban J connectivity index is 3.05. The molecule has 0 fully saturated rings. The highest BCUT2D eigenvalue weighted by Crippen LogP contribution is 2.19. The van der Waals surface area contributed by atoms with Crippen LogP contribution in [0.1, 0.15) is 15.9 Å². The summed E-state index contributed by atoms with van der Waals surface area (Å²) >= 11 is 5.50. The van der Waals surface area contributed by atoms with E-state index in [2.05, 4.69) is 0 Å². The number of aromatic hydroxyl groups is 1. The lowest BCUT2D eigenvalue weighted by Gasteiger charge is -2.03. The molecule has 5 heteroatoms. The van der Waals surface area contributed by atoms with Crippen molar-refractivity contribution in [2.24, 2.45) is 0 Å². The second-order valence-corrected chi connectivity index (χ2v) is 2.69. The monoisotopic (exact) mass is 201 g/mol. The van der Waals surface area contributed by atoms with Crippen molar-refractivity contribution in [3.8, 4) is 5.75 Å². The van der Waals surface area contributed by atoms with Crippen molar-refractivity contribution in [1.29, 1.82) is 0 Å². The largest absolute Gasteiger partial charge is 0.507 e. The number of hydrogen-bond acceptors (Lipinski definition) is 3. The molecule has 1 amide bonds. The highest BCUT2D eigenvalue weighted by molar-refractivity contribution is 6.17. The van der Waals surface area contributed by atoms with Gasteiger partial charge in [0.2, 0.25) is 0 Å². The first-order valence-electron chi connectivity index (χ1n) is 3.51. The van der Waals surface area contributed by atoms with Gasteiger partial charge in [-0.1, -0.05) is 6.07 Å². The number of carbonyl (C=O) groups excluding carboxylic acids is 1. The van der Waals surface area contributed by atoms with Crippen LogP contribution in [0.25, 0.3) is 0 Å². The van der Waals surface area contributed by atoms with Crippen molar-refractivity contribution in [2.45, 2.75) is 5.88 Å². The van der Waals surface area contributed by atoms with E-state index >= 15 is 0 Å². The third-order valence-corrected chi connectivity index (χ3v) is 1.87. The van der Waals surface area contributed by atoms with Crippen LogP contribution in [-0.4, -0.2) is 16.2 Å². The molecule has 0 radical (unpaired) electrons. The minimum Gasteiger partial charge on any atom is -0.507 e. The highest BCUT2D eigenvalue weighted by Gasteiger charge is 2.09. The molecule has 0 saturated heterocycles. The number of rotatable bonds is 2.